The monoisotopic (exact) mass is 281 g/mol. The van der Waals surface area contributed by atoms with Crippen LogP contribution in [0.25, 0.3) is 0 Å². The Hall–Kier alpha value is -0.420. The minimum atomic E-state index is 0.237. The molecule has 0 saturated carbocycles. The molecule has 1 aliphatic rings. The SMILES string of the molecule is CCC(N)C(c1cccs1)N1CCCC1CN(C)C. The van der Waals surface area contributed by atoms with Gasteiger partial charge in [-0.2, -0.15) is 0 Å². The number of likely N-dealkylation sites (N-methyl/N-ethyl adjacent to an activating group) is 1. The van der Waals surface area contributed by atoms with Crippen LogP contribution in [0.3, 0.4) is 0 Å². The third-order valence-electron chi connectivity index (χ3n) is 4.07. The quantitative estimate of drug-likeness (QED) is 0.870. The Morgan fingerprint density at radius 3 is 2.89 bits per heavy atom. The maximum absolute atomic E-state index is 6.43. The summed E-state index contributed by atoms with van der Waals surface area (Å²) in [4.78, 5) is 6.38. The molecule has 1 saturated heterocycles. The molecule has 3 nitrogen and oxygen atoms in total. The smallest absolute Gasteiger partial charge is 0.0596 e. The van der Waals surface area contributed by atoms with E-state index in [1.165, 1.54) is 24.3 Å². The van der Waals surface area contributed by atoms with Gasteiger partial charge in [0.05, 0.1) is 6.04 Å². The van der Waals surface area contributed by atoms with E-state index in [-0.39, 0.29) is 6.04 Å². The molecule has 1 aromatic rings. The molecule has 1 fully saturated rings. The first-order valence-electron chi connectivity index (χ1n) is 7.33. The fourth-order valence-corrected chi connectivity index (χ4v) is 4.07. The van der Waals surface area contributed by atoms with Crippen molar-refractivity contribution in [3.63, 3.8) is 0 Å². The van der Waals surface area contributed by atoms with E-state index < -0.39 is 0 Å². The summed E-state index contributed by atoms with van der Waals surface area (Å²) in [6, 6.07) is 5.68. The molecule has 4 heteroatoms. The molecule has 3 atom stereocenters. The highest BCUT2D eigenvalue weighted by molar-refractivity contribution is 7.10. The zero-order chi connectivity index (χ0) is 13.8. The molecule has 1 aliphatic heterocycles. The molecular formula is C15H27N3S. The van der Waals surface area contributed by atoms with Crippen molar-refractivity contribution in [3.05, 3.63) is 22.4 Å². The van der Waals surface area contributed by atoms with Crippen LogP contribution in [0.1, 0.15) is 37.1 Å². The van der Waals surface area contributed by atoms with Crippen LogP contribution in [-0.2, 0) is 0 Å². The molecule has 0 spiro atoms. The topological polar surface area (TPSA) is 32.5 Å². The van der Waals surface area contributed by atoms with Crippen LogP contribution < -0.4 is 5.73 Å². The van der Waals surface area contributed by atoms with Gasteiger partial charge in [0.25, 0.3) is 0 Å². The van der Waals surface area contributed by atoms with Crippen molar-refractivity contribution >= 4 is 11.3 Å². The number of nitrogens with zero attached hydrogens (tertiary/aromatic N) is 2. The number of rotatable bonds is 6. The van der Waals surface area contributed by atoms with Gasteiger partial charge in [0.15, 0.2) is 0 Å². The van der Waals surface area contributed by atoms with Crippen LogP contribution in [0.5, 0.6) is 0 Å². The van der Waals surface area contributed by atoms with E-state index in [0.29, 0.717) is 12.1 Å². The third-order valence-corrected chi connectivity index (χ3v) is 5.01. The summed E-state index contributed by atoms with van der Waals surface area (Å²) in [5, 5.41) is 2.17. The highest BCUT2D eigenvalue weighted by atomic mass is 32.1. The summed E-state index contributed by atoms with van der Waals surface area (Å²) < 4.78 is 0. The third kappa shape index (κ3) is 3.57. The fraction of sp³-hybridized carbons (Fsp3) is 0.733. The highest BCUT2D eigenvalue weighted by Crippen LogP contribution is 2.34. The van der Waals surface area contributed by atoms with E-state index in [9.17, 15) is 0 Å². The van der Waals surface area contributed by atoms with E-state index in [2.05, 4.69) is 48.3 Å². The normalized spacial score (nSPS) is 23.9. The molecule has 108 valence electrons. The summed E-state index contributed by atoms with van der Waals surface area (Å²) in [5.74, 6) is 0. The van der Waals surface area contributed by atoms with Gasteiger partial charge in [0.2, 0.25) is 0 Å². The summed E-state index contributed by atoms with van der Waals surface area (Å²) in [7, 11) is 4.33. The first kappa shape index (κ1) is 15.0. The van der Waals surface area contributed by atoms with Crippen LogP contribution in [0.15, 0.2) is 17.5 Å². The van der Waals surface area contributed by atoms with E-state index in [0.717, 1.165) is 13.0 Å². The second-order valence-corrected chi connectivity index (χ2v) is 6.81. The molecule has 0 aliphatic carbocycles. The lowest BCUT2D eigenvalue weighted by atomic mass is 10.0. The summed E-state index contributed by atoms with van der Waals surface area (Å²) in [6.07, 6.45) is 3.64. The Balaban J connectivity index is 2.17. The minimum absolute atomic E-state index is 0.237. The summed E-state index contributed by atoms with van der Waals surface area (Å²) in [5.41, 5.74) is 6.43. The molecule has 3 unspecified atom stereocenters. The summed E-state index contributed by atoms with van der Waals surface area (Å²) >= 11 is 1.85. The first-order chi connectivity index (χ1) is 9.13. The Labute approximate surface area is 121 Å². The molecule has 2 N–H and O–H groups in total. The van der Waals surface area contributed by atoms with E-state index in [1.54, 1.807) is 0 Å². The Morgan fingerprint density at radius 1 is 1.53 bits per heavy atom. The number of hydrogen-bond acceptors (Lipinski definition) is 4. The Morgan fingerprint density at radius 2 is 2.32 bits per heavy atom. The first-order valence-corrected chi connectivity index (χ1v) is 8.21. The lowest BCUT2D eigenvalue weighted by molar-refractivity contribution is 0.134. The van der Waals surface area contributed by atoms with Crippen LogP contribution in [0, 0.1) is 0 Å². The van der Waals surface area contributed by atoms with Gasteiger partial charge in [-0.3, -0.25) is 4.90 Å². The Kier molecular flexibility index (Phi) is 5.39. The van der Waals surface area contributed by atoms with Crippen LogP contribution in [0.4, 0.5) is 0 Å². The number of thiophene rings is 1. The van der Waals surface area contributed by atoms with Gasteiger partial charge in [-0.1, -0.05) is 13.0 Å². The molecule has 0 radical (unpaired) electrons. The molecule has 0 bridgehead atoms. The lowest BCUT2D eigenvalue weighted by Gasteiger charge is -2.37. The van der Waals surface area contributed by atoms with Crippen molar-refractivity contribution < 1.29 is 0 Å². The van der Waals surface area contributed by atoms with Crippen molar-refractivity contribution in [3.8, 4) is 0 Å². The van der Waals surface area contributed by atoms with Gasteiger partial charge in [-0.05, 0) is 51.3 Å². The second kappa shape index (κ2) is 6.84. The van der Waals surface area contributed by atoms with E-state index in [1.807, 2.05) is 11.3 Å². The molecule has 2 heterocycles. The highest BCUT2D eigenvalue weighted by Gasteiger charge is 2.34. The molecule has 2 rings (SSSR count). The number of nitrogens with two attached hydrogens (primary N) is 1. The maximum Gasteiger partial charge on any atom is 0.0596 e. The maximum atomic E-state index is 6.43. The number of hydrogen-bond donors (Lipinski definition) is 1. The minimum Gasteiger partial charge on any atom is -0.326 e. The van der Waals surface area contributed by atoms with Crippen LogP contribution in [0.2, 0.25) is 0 Å². The van der Waals surface area contributed by atoms with Gasteiger partial charge in [-0.25, -0.2) is 0 Å². The standard InChI is InChI=1S/C15H27N3S/c1-4-13(16)15(14-8-6-10-19-14)18-9-5-7-12(18)11-17(2)3/h6,8,10,12-13,15H,4-5,7,9,11,16H2,1-3H3. The van der Waals surface area contributed by atoms with E-state index in [4.69, 9.17) is 5.73 Å². The second-order valence-electron chi connectivity index (χ2n) is 5.83. The fourth-order valence-electron chi connectivity index (χ4n) is 3.14. The lowest BCUT2D eigenvalue weighted by Crippen LogP contribution is -2.46. The van der Waals surface area contributed by atoms with Crippen molar-refractivity contribution in [1.29, 1.82) is 0 Å². The van der Waals surface area contributed by atoms with Gasteiger partial charge in [0.1, 0.15) is 0 Å². The molecule has 19 heavy (non-hydrogen) atoms. The molecular weight excluding hydrogens is 254 g/mol. The van der Waals surface area contributed by atoms with Gasteiger partial charge >= 0.3 is 0 Å². The van der Waals surface area contributed by atoms with Crippen LogP contribution >= 0.6 is 11.3 Å². The average Bonchev–Trinajstić information content (AvgIpc) is 3.02. The van der Waals surface area contributed by atoms with Crippen molar-refractivity contribution in [2.24, 2.45) is 5.73 Å². The van der Waals surface area contributed by atoms with Gasteiger partial charge < -0.3 is 10.6 Å². The Bertz CT molecular complexity index is 363. The largest absolute Gasteiger partial charge is 0.326 e. The molecule has 0 amide bonds. The van der Waals surface area contributed by atoms with Crippen molar-refractivity contribution in [1.82, 2.24) is 9.80 Å². The molecule has 0 aromatic carbocycles. The van der Waals surface area contributed by atoms with Crippen molar-refractivity contribution in [2.75, 3.05) is 27.2 Å². The predicted octanol–water partition coefficient (Wildman–Crippen LogP) is 2.55. The molecule has 1 aromatic heterocycles. The van der Waals surface area contributed by atoms with Gasteiger partial charge in [-0.15, -0.1) is 11.3 Å². The van der Waals surface area contributed by atoms with E-state index >= 15 is 0 Å². The average molecular weight is 281 g/mol. The van der Waals surface area contributed by atoms with Gasteiger partial charge in [0, 0.05) is 23.5 Å². The summed E-state index contributed by atoms with van der Waals surface area (Å²) in [6.45, 7) is 4.52. The zero-order valence-electron chi connectivity index (χ0n) is 12.4. The number of likely N-dealkylation sites (tertiary alicyclic amines) is 1. The van der Waals surface area contributed by atoms with Crippen LogP contribution in [-0.4, -0.2) is 49.1 Å². The van der Waals surface area contributed by atoms with Crippen molar-refractivity contribution in [2.45, 2.75) is 44.3 Å². The zero-order valence-corrected chi connectivity index (χ0v) is 13.2. The predicted molar refractivity (Wildman–Crippen MR) is 83.6 cm³/mol.